The molecule has 2 atom stereocenters. The predicted octanol–water partition coefficient (Wildman–Crippen LogP) is 0.0279. The molecule has 0 aliphatic carbocycles. The van der Waals surface area contributed by atoms with Crippen LogP contribution in [-0.4, -0.2) is 30.4 Å². The Hall–Kier alpha value is -2.04. The van der Waals surface area contributed by atoms with Crippen LogP contribution >= 0.6 is 0 Å². The van der Waals surface area contributed by atoms with E-state index in [-0.39, 0.29) is 23.9 Å². The van der Waals surface area contributed by atoms with E-state index in [0.717, 1.165) is 5.69 Å². The first-order valence-corrected chi connectivity index (χ1v) is 6.14. The smallest absolute Gasteiger partial charge is 0.243 e. The molecule has 94 valence electrons. The summed E-state index contributed by atoms with van der Waals surface area (Å²) in [7, 11) is 0. The lowest BCUT2D eigenvalue weighted by atomic mass is 10.1. The topological polar surface area (TPSA) is 70.2 Å². The van der Waals surface area contributed by atoms with Gasteiger partial charge in [-0.3, -0.25) is 9.59 Å². The van der Waals surface area contributed by atoms with E-state index >= 15 is 0 Å². The molecule has 1 unspecified atom stereocenters. The van der Waals surface area contributed by atoms with Gasteiger partial charge in [0.25, 0.3) is 0 Å². The van der Waals surface area contributed by atoms with Crippen molar-refractivity contribution in [3.63, 3.8) is 0 Å². The highest BCUT2D eigenvalue weighted by Crippen LogP contribution is 2.25. The number of para-hydroxylation sites is 1. The highest BCUT2D eigenvalue weighted by Gasteiger charge is 2.30. The number of hydrogen-bond acceptors (Lipinski definition) is 3. The molecule has 2 amide bonds. The molecule has 18 heavy (non-hydrogen) atoms. The Labute approximate surface area is 105 Å². The largest absolute Gasteiger partial charge is 0.373 e. The van der Waals surface area contributed by atoms with Crippen molar-refractivity contribution in [2.24, 2.45) is 0 Å². The van der Waals surface area contributed by atoms with Gasteiger partial charge in [0, 0.05) is 25.1 Å². The number of fused-ring (bicyclic) bond motifs is 1. The minimum Gasteiger partial charge on any atom is -0.373 e. The van der Waals surface area contributed by atoms with Crippen molar-refractivity contribution in [1.29, 1.82) is 0 Å². The van der Waals surface area contributed by atoms with E-state index in [1.807, 2.05) is 24.3 Å². The standard InChI is InChI=1S/C13H15N3O2/c17-12-6-9(7-14-12)15-13(18)11-5-8-3-1-2-4-10(8)16-11/h1-4,9,11,16H,5-7H2,(H,14,17)(H,15,18)/t9?,11-/m0/s1. The second kappa shape index (κ2) is 4.33. The molecule has 5 heteroatoms. The lowest BCUT2D eigenvalue weighted by Crippen LogP contribution is -2.44. The van der Waals surface area contributed by atoms with Crippen molar-refractivity contribution in [1.82, 2.24) is 10.6 Å². The quantitative estimate of drug-likeness (QED) is 0.688. The van der Waals surface area contributed by atoms with Gasteiger partial charge in [0.15, 0.2) is 0 Å². The molecule has 2 heterocycles. The highest BCUT2D eigenvalue weighted by atomic mass is 16.2. The summed E-state index contributed by atoms with van der Waals surface area (Å²) in [6, 6.07) is 7.62. The van der Waals surface area contributed by atoms with Crippen LogP contribution in [0.4, 0.5) is 5.69 Å². The number of carbonyl (C=O) groups excluding carboxylic acids is 2. The molecule has 2 aliphatic rings. The maximum absolute atomic E-state index is 12.1. The van der Waals surface area contributed by atoms with Gasteiger partial charge in [0.2, 0.25) is 11.8 Å². The van der Waals surface area contributed by atoms with Crippen LogP contribution in [0, 0.1) is 0 Å². The summed E-state index contributed by atoms with van der Waals surface area (Å²) >= 11 is 0. The average Bonchev–Trinajstić information content (AvgIpc) is 2.95. The minimum atomic E-state index is -0.224. The van der Waals surface area contributed by atoms with Gasteiger partial charge in [0.1, 0.15) is 6.04 Å². The van der Waals surface area contributed by atoms with Gasteiger partial charge in [0.05, 0.1) is 6.04 Å². The third kappa shape index (κ3) is 2.03. The molecule has 2 aliphatic heterocycles. The van der Waals surface area contributed by atoms with Crippen molar-refractivity contribution in [2.75, 3.05) is 11.9 Å². The van der Waals surface area contributed by atoms with Crippen molar-refractivity contribution < 1.29 is 9.59 Å². The number of rotatable bonds is 2. The molecule has 0 spiro atoms. The van der Waals surface area contributed by atoms with Gasteiger partial charge in [-0.15, -0.1) is 0 Å². The van der Waals surface area contributed by atoms with E-state index in [1.54, 1.807) is 0 Å². The normalized spacial score (nSPS) is 25.2. The second-order valence-corrected chi connectivity index (χ2v) is 4.77. The summed E-state index contributed by atoms with van der Waals surface area (Å²) in [5.41, 5.74) is 2.19. The molecule has 1 aromatic rings. The van der Waals surface area contributed by atoms with E-state index in [0.29, 0.717) is 19.4 Å². The SMILES string of the molecule is O=C1CC(NC(=O)[C@@H]2Cc3ccccc3N2)CN1. The number of benzene rings is 1. The van der Waals surface area contributed by atoms with E-state index in [1.165, 1.54) is 5.56 Å². The van der Waals surface area contributed by atoms with Crippen molar-refractivity contribution in [3.05, 3.63) is 29.8 Å². The van der Waals surface area contributed by atoms with Crippen LogP contribution in [0.25, 0.3) is 0 Å². The molecule has 1 fully saturated rings. The van der Waals surface area contributed by atoms with Crippen LogP contribution in [0.5, 0.6) is 0 Å². The maximum Gasteiger partial charge on any atom is 0.243 e. The first-order chi connectivity index (χ1) is 8.72. The van der Waals surface area contributed by atoms with Gasteiger partial charge < -0.3 is 16.0 Å². The zero-order chi connectivity index (χ0) is 12.5. The Morgan fingerprint density at radius 1 is 1.28 bits per heavy atom. The number of amides is 2. The second-order valence-electron chi connectivity index (χ2n) is 4.77. The molecule has 3 rings (SSSR count). The first kappa shape index (κ1) is 11.1. The Morgan fingerprint density at radius 2 is 2.11 bits per heavy atom. The predicted molar refractivity (Wildman–Crippen MR) is 67.1 cm³/mol. The Bertz CT molecular complexity index is 476. The summed E-state index contributed by atoms with van der Waals surface area (Å²) in [4.78, 5) is 23.1. The molecule has 0 saturated carbocycles. The van der Waals surface area contributed by atoms with Crippen LogP contribution in [0.3, 0.4) is 0 Å². The minimum absolute atomic E-state index is 0.00275. The Morgan fingerprint density at radius 3 is 2.83 bits per heavy atom. The molecular weight excluding hydrogens is 230 g/mol. The molecular formula is C13H15N3O2. The molecule has 0 radical (unpaired) electrons. The van der Waals surface area contributed by atoms with Crippen LogP contribution in [0.15, 0.2) is 24.3 Å². The molecule has 3 N–H and O–H groups in total. The molecule has 1 saturated heterocycles. The van der Waals surface area contributed by atoms with Gasteiger partial charge >= 0.3 is 0 Å². The summed E-state index contributed by atoms with van der Waals surface area (Å²) in [5.74, 6) is -0.0318. The molecule has 0 bridgehead atoms. The number of hydrogen-bond donors (Lipinski definition) is 3. The zero-order valence-electron chi connectivity index (χ0n) is 9.90. The van der Waals surface area contributed by atoms with Crippen LogP contribution in [-0.2, 0) is 16.0 Å². The zero-order valence-corrected chi connectivity index (χ0v) is 9.90. The van der Waals surface area contributed by atoms with Gasteiger partial charge in [-0.2, -0.15) is 0 Å². The van der Waals surface area contributed by atoms with E-state index < -0.39 is 0 Å². The number of nitrogens with one attached hydrogen (secondary N) is 3. The monoisotopic (exact) mass is 245 g/mol. The van der Waals surface area contributed by atoms with Crippen LogP contribution < -0.4 is 16.0 Å². The van der Waals surface area contributed by atoms with Crippen LogP contribution in [0.2, 0.25) is 0 Å². The third-order valence-corrected chi connectivity index (χ3v) is 3.41. The number of anilines is 1. The Kier molecular flexibility index (Phi) is 2.66. The van der Waals surface area contributed by atoms with Crippen molar-refractivity contribution >= 4 is 17.5 Å². The van der Waals surface area contributed by atoms with E-state index in [4.69, 9.17) is 0 Å². The molecule has 0 aromatic heterocycles. The highest BCUT2D eigenvalue weighted by molar-refractivity contribution is 5.88. The lowest BCUT2D eigenvalue weighted by Gasteiger charge is -2.15. The summed E-state index contributed by atoms with van der Waals surface area (Å²) in [6.45, 7) is 0.532. The third-order valence-electron chi connectivity index (χ3n) is 3.41. The van der Waals surface area contributed by atoms with Crippen molar-refractivity contribution in [2.45, 2.75) is 24.9 Å². The fourth-order valence-corrected chi connectivity index (χ4v) is 2.47. The average molecular weight is 245 g/mol. The van der Waals surface area contributed by atoms with Crippen molar-refractivity contribution in [3.8, 4) is 0 Å². The first-order valence-electron chi connectivity index (χ1n) is 6.14. The summed E-state index contributed by atoms with van der Waals surface area (Å²) in [5, 5.41) is 8.81. The molecule has 5 nitrogen and oxygen atoms in total. The molecule has 1 aromatic carbocycles. The van der Waals surface area contributed by atoms with Gasteiger partial charge in [-0.1, -0.05) is 18.2 Å². The number of carbonyl (C=O) groups is 2. The van der Waals surface area contributed by atoms with Gasteiger partial charge in [-0.25, -0.2) is 0 Å². The Balaban J connectivity index is 1.61. The summed E-state index contributed by atoms with van der Waals surface area (Å²) < 4.78 is 0. The fraction of sp³-hybridized carbons (Fsp3) is 0.385. The van der Waals surface area contributed by atoms with Crippen LogP contribution in [0.1, 0.15) is 12.0 Å². The summed E-state index contributed by atoms with van der Waals surface area (Å²) in [6.07, 6.45) is 1.08. The van der Waals surface area contributed by atoms with Gasteiger partial charge in [-0.05, 0) is 11.6 Å². The van der Waals surface area contributed by atoms with E-state index in [9.17, 15) is 9.59 Å². The van der Waals surface area contributed by atoms with E-state index in [2.05, 4.69) is 16.0 Å². The maximum atomic E-state index is 12.1. The fourth-order valence-electron chi connectivity index (χ4n) is 2.47. The lowest BCUT2D eigenvalue weighted by molar-refractivity contribution is -0.122.